The van der Waals surface area contributed by atoms with Gasteiger partial charge in [0.25, 0.3) is 11.5 Å². The van der Waals surface area contributed by atoms with E-state index in [1.165, 1.54) is 41.2 Å². The Labute approximate surface area is 221 Å². The van der Waals surface area contributed by atoms with E-state index in [2.05, 4.69) is 15.3 Å². The summed E-state index contributed by atoms with van der Waals surface area (Å²) in [6.45, 7) is 1.66. The molecule has 5 rings (SSSR count). The van der Waals surface area contributed by atoms with Crippen molar-refractivity contribution in [1.29, 1.82) is 0 Å². The second-order valence-electron chi connectivity index (χ2n) is 8.62. The Morgan fingerprint density at radius 1 is 1.08 bits per heavy atom. The van der Waals surface area contributed by atoms with Crippen LogP contribution in [-0.4, -0.2) is 30.3 Å². The number of carbonyl (C=O) groups is 1. The molecule has 5 aromatic rings. The second kappa shape index (κ2) is 10.1. The summed E-state index contributed by atoms with van der Waals surface area (Å²) in [5, 5.41) is 12.8. The number of rotatable bonds is 6. The van der Waals surface area contributed by atoms with Crippen molar-refractivity contribution in [3.05, 3.63) is 106 Å². The first kappa shape index (κ1) is 25.2. The zero-order valence-corrected chi connectivity index (χ0v) is 20.9. The lowest BCUT2D eigenvalue weighted by Gasteiger charge is -2.11. The molecule has 10 nitrogen and oxygen atoms in total. The normalized spacial score (nSPS) is 10.8. The molecule has 3 aromatic carbocycles. The summed E-state index contributed by atoms with van der Waals surface area (Å²) in [4.78, 5) is 34.0. The van der Waals surface area contributed by atoms with E-state index in [0.717, 1.165) is 6.07 Å². The van der Waals surface area contributed by atoms with Gasteiger partial charge in [0.2, 0.25) is 5.95 Å². The minimum atomic E-state index is -0.750. The molecule has 0 aliphatic rings. The number of nitrogens with zero attached hydrogens (tertiary/aromatic N) is 4. The fraction of sp³-hybridized carbons (Fsp3) is 0.0714. The standard InChI is InChI=1S/C28H23FN6O4/c1-16-25(27(38)35(34(16)2)18-6-4-3-5-7-18)26(37)32-17-8-11-24(21(29)14-17)39-19-9-10-23(36)20(15-19)22-12-13-31-28(30)33-22/h3-15,36H,1-2H3,(H,32,37)(H2,30,31,33). The number of halogens is 1. The number of hydrogen-bond donors (Lipinski definition) is 3. The third kappa shape index (κ3) is 4.92. The maximum Gasteiger partial charge on any atom is 0.284 e. The highest BCUT2D eigenvalue weighted by molar-refractivity contribution is 6.05. The summed E-state index contributed by atoms with van der Waals surface area (Å²) in [5.74, 6) is -1.33. The van der Waals surface area contributed by atoms with Gasteiger partial charge in [0.05, 0.1) is 17.1 Å². The minimum Gasteiger partial charge on any atom is -0.507 e. The van der Waals surface area contributed by atoms with Crippen LogP contribution in [0.3, 0.4) is 0 Å². The number of anilines is 2. The second-order valence-corrected chi connectivity index (χ2v) is 8.62. The number of hydrogen-bond acceptors (Lipinski definition) is 7. The lowest BCUT2D eigenvalue weighted by atomic mass is 10.1. The summed E-state index contributed by atoms with van der Waals surface area (Å²) in [5.41, 5.74) is 6.98. The molecule has 39 heavy (non-hydrogen) atoms. The maximum atomic E-state index is 15.0. The zero-order valence-electron chi connectivity index (χ0n) is 20.9. The fourth-order valence-electron chi connectivity index (χ4n) is 4.12. The third-order valence-electron chi connectivity index (χ3n) is 6.12. The molecular formula is C28H23FN6O4. The van der Waals surface area contributed by atoms with Crippen LogP contribution in [0.25, 0.3) is 16.9 Å². The van der Waals surface area contributed by atoms with Crippen LogP contribution in [0.4, 0.5) is 16.0 Å². The average molecular weight is 527 g/mol. The Morgan fingerprint density at radius 2 is 1.85 bits per heavy atom. The SMILES string of the molecule is Cc1c(C(=O)Nc2ccc(Oc3ccc(O)c(-c4ccnc(N)n4)c3)c(F)c2)c(=O)n(-c2ccccc2)n1C. The summed E-state index contributed by atoms with van der Waals surface area (Å²) in [6, 6.07) is 18.7. The van der Waals surface area contributed by atoms with E-state index >= 15 is 0 Å². The Morgan fingerprint density at radius 3 is 2.56 bits per heavy atom. The molecule has 1 amide bonds. The molecule has 0 radical (unpaired) electrons. The van der Waals surface area contributed by atoms with Gasteiger partial charge in [-0.25, -0.2) is 19.0 Å². The number of nitrogens with one attached hydrogen (secondary N) is 1. The summed E-state index contributed by atoms with van der Waals surface area (Å²) < 4.78 is 23.6. The summed E-state index contributed by atoms with van der Waals surface area (Å²) >= 11 is 0. The van der Waals surface area contributed by atoms with E-state index in [1.54, 1.807) is 49.0 Å². The van der Waals surface area contributed by atoms with Gasteiger partial charge in [-0.05, 0) is 55.5 Å². The first-order valence-electron chi connectivity index (χ1n) is 11.8. The van der Waals surface area contributed by atoms with Crippen molar-refractivity contribution >= 4 is 17.5 Å². The van der Waals surface area contributed by atoms with Crippen LogP contribution in [0.15, 0.2) is 83.8 Å². The zero-order chi connectivity index (χ0) is 27.7. The number of phenols is 1. The molecule has 4 N–H and O–H groups in total. The van der Waals surface area contributed by atoms with Crippen LogP contribution in [0.5, 0.6) is 17.2 Å². The smallest absolute Gasteiger partial charge is 0.284 e. The van der Waals surface area contributed by atoms with Gasteiger partial charge in [-0.3, -0.25) is 14.3 Å². The molecule has 0 saturated carbocycles. The lowest BCUT2D eigenvalue weighted by molar-refractivity contribution is 0.102. The number of para-hydroxylation sites is 1. The van der Waals surface area contributed by atoms with Crippen LogP contribution in [0.2, 0.25) is 0 Å². The highest BCUT2D eigenvalue weighted by atomic mass is 19.1. The van der Waals surface area contributed by atoms with Gasteiger partial charge in [-0.2, -0.15) is 0 Å². The van der Waals surface area contributed by atoms with E-state index in [0.29, 0.717) is 22.6 Å². The highest BCUT2D eigenvalue weighted by Crippen LogP contribution is 2.34. The Bertz CT molecular complexity index is 1760. The Hall–Kier alpha value is -5.45. The van der Waals surface area contributed by atoms with Crippen molar-refractivity contribution in [2.45, 2.75) is 6.92 Å². The van der Waals surface area contributed by atoms with Gasteiger partial charge in [0.15, 0.2) is 11.6 Å². The van der Waals surface area contributed by atoms with Crippen LogP contribution in [0, 0.1) is 12.7 Å². The van der Waals surface area contributed by atoms with Crippen molar-refractivity contribution < 1.29 is 19.0 Å². The monoisotopic (exact) mass is 526 g/mol. The molecule has 2 aromatic heterocycles. The molecule has 0 spiro atoms. The van der Waals surface area contributed by atoms with Gasteiger partial charge < -0.3 is 20.9 Å². The number of carbonyl (C=O) groups excluding carboxylic acids is 1. The van der Waals surface area contributed by atoms with Crippen LogP contribution >= 0.6 is 0 Å². The van der Waals surface area contributed by atoms with E-state index in [4.69, 9.17) is 10.5 Å². The molecule has 2 heterocycles. The Balaban J connectivity index is 1.37. The molecule has 0 aliphatic carbocycles. The van der Waals surface area contributed by atoms with Gasteiger partial charge in [-0.15, -0.1) is 0 Å². The molecule has 0 bridgehead atoms. The molecule has 0 fully saturated rings. The fourth-order valence-corrected chi connectivity index (χ4v) is 4.12. The summed E-state index contributed by atoms with van der Waals surface area (Å²) in [6.07, 6.45) is 1.45. The molecule has 0 unspecified atom stereocenters. The quantitative estimate of drug-likeness (QED) is 0.298. The van der Waals surface area contributed by atoms with Gasteiger partial charge in [-0.1, -0.05) is 18.2 Å². The number of amides is 1. The molecule has 0 atom stereocenters. The van der Waals surface area contributed by atoms with E-state index in [1.807, 2.05) is 6.07 Å². The topological polar surface area (TPSA) is 137 Å². The van der Waals surface area contributed by atoms with Crippen LogP contribution in [0.1, 0.15) is 16.1 Å². The summed E-state index contributed by atoms with van der Waals surface area (Å²) in [7, 11) is 1.68. The highest BCUT2D eigenvalue weighted by Gasteiger charge is 2.22. The first-order valence-corrected chi connectivity index (χ1v) is 11.8. The van der Waals surface area contributed by atoms with Crippen LogP contribution in [-0.2, 0) is 7.05 Å². The van der Waals surface area contributed by atoms with Crippen molar-refractivity contribution in [1.82, 2.24) is 19.3 Å². The van der Waals surface area contributed by atoms with E-state index in [-0.39, 0.29) is 34.4 Å². The van der Waals surface area contributed by atoms with Crippen molar-refractivity contribution in [3.63, 3.8) is 0 Å². The molecule has 196 valence electrons. The van der Waals surface area contributed by atoms with Crippen molar-refractivity contribution in [3.8, 4) is 34.2 Å². The number of nitrogens with two attached hydrogens (primary N) is 1. The average Bonchev–Trinajstić information content (AvgIpc) is 3.14. The largest absolute Gasteiger partial charge is 0.507 e. The number of benzene rings is 3. The van der Waals surface area contributed by atoms with Crippen molar-refractivity contribution in [2.24, 2.45) is 7.05 Å². The lowest BCUT2D eigenvalue weighted by Crippen LogP contribution is -2.25. The third-order valence-corrected chi connectivity index (χ3v) is 6.12. The van der Waals surface area contributed by atoms with E-state index < -0.39 is 17.3 Å². The number of aromatic hydroxyl groups is 1. The van der Waals surface area contributed by atoms with Gasteiger partial charge in [0, 0.05) is 30.6 Å². The van der Waals surface area contributed by atoms with Gasteiger partial charge in [0.1, 0.15) is 17.1 Å². The van der Waals surface area contributed by atoms with Gasteiger partial charge >= 0.3 is 0 Å². The van der Waals surface area contributed by atoms with E-state index in [9.17, 15) is 19.1 Å². The minimum absolute atomic E-state index is 0.0339. The maximum absolute atomic E-state index is 15.0. The van der Waals surface area contributed by atoms with Crippen molar-refractivity contribution in [2.75, 3.05) is 11.1 Å². The predicted octanol–water partition coefficient (Wildman–Crippen LogP) is 4.41. The Kier molecular flexibility index (Phi) is 6.55. The molecule has 0 saturated heterocycles. The predicted molar refractivity (Wildman–Crippen MR) is 144 cm³/mol. The molecule has 0 aliphatic heterocycles. The molecule has 11 heteroatoms. The number of nitrogen functional groups attached to an aromatic ring is 1. The number of phenolic OH excluding ortho intramolecular Hbond substituents is 1. The first-order chi connectivity index (χ1) is 18.7. The molecular weight excluding hydrogens is 503 g/mol. The van der Waals surface area contributed by atoms with Crippen LogP contribution < -0.4 is 21.3 Å². The number of aromatic nitrogens is 4. The number of ether oxygens (including phenoxy) is 1.